The molecule has 0 atom stereocenters. The molecular formula is C20H17Cl2N3O2. The Morgan fingerprint density at radius 2 is 1.93 bits per heavy atom. The second-order valence-corrected chi connectivity index (χ2v) is 7.36. The summed E-state index contributed by atoms with van der Waals surface area (Å²) in [5.41, 5.74) is 1.97. The van der Waals surface area contributed by atoms with E-state index in [1.165, 1.54) is 0 Å². The van der Waals surface area contributed by atoms with Gasteiger partial charge in [-0.25, -0.2) is 4.98 Å². The van der Waals surface area contributed by atoms with Gasteiger partial charge in [0.15, 0.2) is 0 Å². The van der Waals surface area contributed by atoms with Crippen molar-refractivity contribution < 1.29 is 9.53 Å². The van der Waals surface area contributed by atoms with Gasteiger partial charge in [-0.1, -0.05) is 35.3 Å². The quantitative estimate of drug-likeness (QED) is 0.663. The van der Waals surface area contributed by atoms with Crippen LogP contribution in [0.2, 0.25) is 10.2 Å². The molecule has 3 aromatic rings. The van der Waals surface area contributed by atoms with Crippen LogP contribution in [-0.2, 0) is 10.2 Å². The molecular weight excluding hydrogens is 385 g/mol. The fourth-order valence-corrected chi connectivity index (χ4v) is 3.47. The first-order valence-corrected chi connectivity index (χ1v) is 9.23. The molecule has 1 aromatic heterocycles. The zero-order valence-corrected chi connectivity index (χ0v) is 16.1. The molecule has 0 spiro atoms. The van der Waals surface area contributed by atoms with E-state index in [4.69, 9.17) is 27.9 Å². The lowest BCUT2D eigenvalue weighted by Gasteiger charge is -2.17. The highest BCUT2D eigenvalue weighted by molar-refractivity contribution is 6.30. The first-order valence-electron chi connectivity index (χ1n) is 8.47. The molecule has 0 bridgehead atoms. The molecule has 0 unspecified atom stereocenters. The van der Waals surface area contributed by atoms with Crippen molar-refractivity contribution in [2.45, 2.75) is 18.3 Å². The summed E-state index contributed by atoms with van der Waals surface area (Å²) in [6, 6.07) is 13.0. The molecule has 1 amide bonds. The standard InChI is InChI=1S/C20H17Cl2N3O2/c1-27-17-10-15(6-7-16(17)25-11-18(22)23-12-25)24-19(26)20(8-9-20)13-2-4-14(21)5-3-13/h2-7,10-12H,8-9H2,1H3,(H,24,26). The average molecular weight is 402 g/mol. The monoisotopic (exact) mass is 401 g/mol. The van der Waals surface area contributed by atoms with Gasteiger partial charge in [0, 0.05) is 23.0 Å². The van der Waals surface area contributed by atoms with E-state index in [-0.39, 0.29) is 5.91 Å². The van der Waals surface area contributed by atoms with Crippen LogP contribution in [0.5, 0.6) is 5.75 Å². The summed E-state index contributed by atoms with van der Waals surface area (Å²) in [6.45, 7) is 0. The molecule has 1 heterocycles. The Bertz CT molecular complexity index is 995. The van der Waals surface area contributed by atoms with Crippen LogP contribution in [0.3, 0.4) is 0 Å². The Kier molecular flexibility index (Phi) is 4.58. The lowest BCUT2D eigenvalue weighted by Crippen LogP contribution is -2.27. The van der Waals surface area contributed by atoms with Gasteiger partial charge in [0.2, 0.25) is 5.91 Å². The molecule has 1 saturated carbocycles. The fourth-order valence-electron chi connectivity index (χ4n) is 3.19. The van der Waals surface area contributed by atoms with E-state index in [0.717, 1.165) is 24.1 Å². The first-order chi connectivity index (χ1) is 13.0. The zero-order chi connectivity index (χ0) is 19.0. The van der Waals surface area contributed by atoms with Crippen molar-refractivity contribution in [2.24, 2.45) is 0 Å². The number of amides is 1. The largest absolute Gasteiger partial charge is 0.494 e. The highest BCUT2D eigenvalue weighted by Gasteiger charge is 2.51. The number of aromatic nitrogens is 2. The van der Waals surface area contributed by atoms with Gasteiger partial charge in [-0.15, -0.1) is 0 Å². The third-order valence-electron chi connectivity index (χ3n) is 4.85. The van der Waals surface area contributed by atoms with Crippen LogP contribution >= 0.6 is 23.2 Å². The van der Waals surface area contributed by atoms with Crippen LogP contribution < -0.4 is 10.1 Å². The second kappa shape index (κ2) is 6.91. The van der Waals surface area contributed by atoms with Gasteiger partial charge in [-0.05, 0) is 42.7 Å². The number of hydrogen-bond acceptors (Lipinski definition) is 3. The van der Waals surface area contributed by atoms with E-state index < -0.39 is 5.41 Å². The number of nitrogens with zero attached hydrogens (tertiary/aromatic N) is 2. The summed E-state index contributed by atoms with van der Waals surface area (Å²) >= 11 is 11.9. The van der Waals surface area contributed by atoms with Crippen molar-refractivity contribution in [3.8, 4) is 11.4 Å². The summed E-state index contributed by atoms with van der Waals surface area (Å²) < 4.78 is 7.24. The van der Waals surface area contributed by atoms with Crippen molar-refractivity contribution in [2.75, 3.05) is 12.4 Å². The molecule has 27 heavy (non-hydrogen) atoms. The van der Waals surface area contributed by atoms with Crippen molar-refractivity contribution in [3.63, 3.8) is 0 Å². The van der Waals surface area contributed by atoms with E-state index in [2.05, 4.69) is 10.3 Å². The van der Waals surface area contributed by atoms with Gasteiger partial charge in [0.1, 0.15) is 17.2 Å². The fraction of sp³-hybridized carbons (Fsp3) is 0.200. The summed E-state index contributed by atoms with van der Waals surface area (Å²) in [4.78, 5) is 16.9. The third-order valence-corrected chi connectivity index (χ3v) is 5.30. The van der Waals surface area contributed by atoms with Crippen LogP contribution in [0.25, 0.3) is 5.69 Å². The van der Waals surface area contributed by atoms with E-state index in [1.807, 2.05) is 36.4 Å². The van der Waals surface area contributed by atoms with Gasteiger partial charge in [0.05, 0.1) is 18.2 Å². The smallest absolute Gasteiger partial charge is 0.235 e. The minimum absolute atomic E-state index is 0.0229. The van der Waals surface area contributed by atoms with E-state index in [0.29, 0.717) is 21.6 Å². The maximum absolute atomic E-state index is 12.9. The molecule has 0 saturated heterocycles. The summed E-state index contributed by atoms with van der Waals surface area (Å²) in [7, 11) is 1.58. The highest BCUT2D eigenvalue weighted by atomic mass is 35.5. The molecule has 1 aliphatic rings. The third kappa shape index (κ3) is 3.40. The predicted octanol–water partition coefficient (Wildman–Crippen LogP) is 4.86. The number of ether oxygens (including phenoxy) is 1. The van der Waals surface area contributed by atoms with Gasteiger partial charge in [0.25, 0.3) is 0 Å². The molecule has 1 aliphatic carbocycles. The molecule has 138 valence electrons. The number of rotatable bonds is 5. The molecule has 0 aliphatic heterocycles. The predicted molar refractivity (Wildman–Crippen MR) is 106 cm³/mol. The molecule has 2 aromatic carbocycles. The lowest BCUT2D eigenvalue weighted by atomic mass is 9.95. The zero-order valence-electron chi connectivity index (χ0n) is 14.6. The Balaban J connectivity index is 1.57. The number of halogens is 2. The van der Waals surface area contributed by atoms with Gasteiger partial charge >= 0.3 is 0 Å². The Labute approximate surface area is 166 Å². The molecule has 0 radical (unpaired) electrons. The number of carbonyl (C=O) groups excluding carboxylic acids is 1. The van der Waals surface area contributed by atoms with Crippen LogP contribution in [0.15, 0.2) is 55.0 Å². The molecule has 5 nitrogen and oxygen atoms in total. The summed E-state index contributed by atoms with van der Waals surface area (Å²) in [5, 5.41) is 4.07. The number of carbonyl (C=O) groups is 1. The number of anilines is 1. The molecule has 1 fully saturated rings. The SMILES string of the molecule is COc1cc(NC(=O)C2(c3ccc(Cl)cc3)CC2)ccc1-n1cnc(Cl)c1. The van der Waals surface area contributed by atoms with E-state index in [1.54, 1.807) is 30.3 Å². The lowest BCUT2D eigenvalue weighted by molar-refractivity contribution is -0.118. The molecule has 7 heteroatoms. The van der Waals surface area contributed by atoms with Crippen LogP contribution in [0.1, 0.15) is 18.4 Å². The minimum atomic E-state index is -0.478. The Morgan fingerprint density at radius 3 is 2.52 bits per heavy atom. The van der Waals surface area contributed by atoms with Crippen molar-refractivity contribution >= 4 is 34.8 Å². The van der Waals surface area contributed by atoms with Crippen LogP contribution in [0, 0.1) is 0 Å². The number of imidazole rings is 1. The first kappa shape index (κ1) is 17.9. The van der Waals surface area contributed by atoms with Crippen LogP contribution in [0.4, 0.5) is 5.69 Å². The summed E-state index contributed by atoms with van der Waals surface area (Å²) in [6.07, 6.45) is 4.95. The van der Waals surface area contributed by atoms with Gasteiger partial charge in [-0.2, -0.15) is 0 Å². The number of nitrogens with one attached hydrogen (secondary N) is 1. The maximum atomic E-state index is 12.9. The Hall–Kier alpha value is -2.50. The average Bonchev–Trinajstić information content (AvgIpc) is 3.37. The molecule has 4 rings (SSSR count). The second-order valence-electron chi connectivity index (χ2n) is 6.53. The van der Waals surface area contributed by atoms with E-state index >= 15 is 0 Å². The van der Waals surface area contributed by atoms with Gasteiger partial charge in [-0.3, -0.25) is 4.79 Å². The van der Waals surface area contributed by atoms with E-state index in [9.17, 15) is 4.79 Å². The number of hydrogen-bond donors (Lipinski definition) is 1. The summed E-state index contributed by atoms with van der Waals surface area (Å²) in [5.74, 6) is 0.587. The van der Waals surface area contributed by atoms with Crippen molar-refractivity contribution in [1.29, 1.82) is 0 Å². The van der Waals surface area contributed by atoms with Crippen LogP contribution in [-0.4, -0.2) is 22.6 Å². The van der Waals surface area contributed by atoms with Crippen molar-refractivity contribution in [1.82, 2.24) is 9.55 Å². The molecule has 1 N–H and O–H groups in total. The highest BCUT2D eigenvalue weighted by Crippen LogP contribution is 2.49. The number of methoxy groups -OCH3 is 1. The van der Waals surface area contributed by atoms with Crippen molar-refractivity contribution in [3.05, 3.63) is 70.7 Å². The van der Waals surface area contributed by atoms with Gasteiger partial charge < -0.3 is 14.6 Å². The number of benzene rings is 2. The minimum Gasteiger partial charge on any atom is -0.494 e. The topological polar surface area (TPSA) is 56.1 Å². The normalized spacial score (nSPS) is 14.6. The maximum Gasteiger partial charge on any atom is 0.235 e. The Morgan fingerprint density at radius 1 is 1.19 bits per heavy atom.